The molecular formula is C13H22N2O3. The Bertz CT molecular complexity index is 414. The summed E-state index contributed by atoms with van der Waals surface area (Å²) in [6, 6.07) is 0.438. The van der Waals surface area contributed by atoms with Gasteiger partial charge in [-0.15, -0.1) is 0 Å². The van der Waals surface area contributed by atoms with E-state index in [1.54, 1.807) is 4.57 Å². The molecule has 0 saturated heterocycles. The van der Waals surface area contributed by atoms with E-state index in [4.69, 9.17) is 9.47 Å². The zero-order valence-corrected chi connectivity index (χ0v) is 11.2. The van der Waals surface area contributed by atoms with Gasteiger partial charge >= 0.3 is 5.69 Å². The van der Waals surface area contributed by atoms with Gasteiger partial charge in [0.2, 0.25) is 0 Å². The number of aromatic nitrogens is 2. The van der Waals surface area contributed by atoms with E-state index >= 15 is 0 Å². The van der Waals surface area contributed by atoms with E-state index < -0.39 is 0 Å². The number of hydrogen-bond donors (Lipinski definition) is 0. The molecule has 1 aromatic heterocycles. The summed E-state index contributed by atoms with van der Waals surface area (Å²) in [6.45, 7) is 5.79. The van der Waals surface area contributed by atoms with Crippen LogP contribution in [0.5, 0.6) is 0 Å². The molecule has 5 heteroatoms. The third-order valence-electron chi connectivity index (χ3n) is 3.12. The van der Waals surface area contributed by atoms with E-state index in [9.17, 15) is 4.79 Å². The number of aryl methyl sites for hydroxylation is 1. The van der Waals surface area contributed by atoms with E-state index in [2.05, 4.69) is 0 Å². The highest BCUT2D eigenvalue weighted by Gasteiger charge is 2.25. The summed E-state index contributed by atoms with van der Waals surface area (Å²) in [7, 11) is 0. The first-order valence-electron chi connectivity index (χ1n) is 6.76. The Balaban J connectivity index is 1.90. The van der Waals surface area contributed by atoms with Gasteiger partial charge in [0.25, 0.3) is 0 Å². The molecule has 1 aliphatic rings. The quantitative estimate of drug-likeness (QED) is 0.664. The lowest BCUT2D eigenvalue weighted by Gasteiger charge is -2.16. The second-order valence-electron chi connectivity index (χ2n) is 4.54. The van der Waals surface area contributed by atoms with E-state index in [1.165, 1.54) is 0 Å². The molecule has 102 valence electrons. The first kappa shape index (κ1) is 13.4. The second kappa shape index (κ2) is 6.20. The van der Waals surface area contributed by atoms with Gasteiger partial charge in [-0.25, -0.2) is 4.79 Å². The van der Waals surface area contributed by atoms with Crippen molar-refractivity contribution in [2.24, 2.45) is 0 Å². The molecule has 18 heavy (non-hydrogen) atoms. The molecule has 0 bridgehead atoms. The Kier molecular flexibility index (Phi) is 4.60. The van der Waals surface area contributed by atoms with E-state index in [0.29, 0.717) is 32.2 Å². The largest absolute Gasteiger partial charge is 0.353 e. The lowest BCUT2D eigenvalue weighted by atomic mass is 10.4. The maximum absolute atomic E-state index is 12.0. The standard InChI is InChI=1S/C13H22N2O3/c1-3-17-12(18-4-2)7-8-14-9-10-15(13(14)16)11-5-6-11/h9-12H,3-8H2,1-2H3. The summed E-state index contributed by atoms with van der Waals surface area (Å²) >= 11 is 0. The molecule has 0 N–H and O–H groups in total. The fourth-order valence-corrected chi connectivity index (χ4v) is 2.06. The van der Waals surface area contributed by atoms with Crippen molar-refractivity contribution >= 4 is 0 Å². The first-order chi connectivity index (χ1) is 8.76. The van der Waals surface area contributed by atoms with Crippen LogP contribution in [0.2, 0.25) is 0 Å². The Morgan fingerprint density at radius 1 is 1.28 bits per heavy atom. The van der Waals surface area contributed by atoms with Crippen molar-refractivity contribution in [1.29, 1.82) is 0 Å². The molecule has 1 aromatic rings. The average Bonchev–Trinajstić information content (AvgIpc) is 3.12. The lowest BCUT2D eigenvalue weighted by molar-refractivity contribution is -0.141. The number of hydrogen-bond acceptors (Lipinski definition) is 3. The Morgan fingerprint density at radius 3 is 2.50 bits per heavy atom. The van der Waals surface area contributed by atoms with E-state index in [1.807, 2.05) is 30.8 Å². The van der Waals surface area contributed by atoms with Crippen molar-refractivity contribution < 1.29 is 9.47 Å². The van der Waals surface area contributed by atoms with E-state index in [0.717, 1.165) is 12.8 Å². The summed E-state index contributed by atoms with van der Waals surface area (Å²) in [5, 5.41) is 0. The van der Waals surface area contributed by atoms with Gasteiger partial charge in [0.1, 0.15) is 0 Å². The molecule has 0 amide bonds. The van der Waals surface area contributed by atoms with Crippen molar-refractivity contribution in [3.8, 4) is 0 Å². The van der Waals surface area contributed by atoms with Crippen LogP contribution in [-0.4, -0.2) is 28.6 Å². The molecule has 5 nitrogen and oxygen atoms in total. The molecular weight excluding hydrogens is 232 g/mol. The van der Waals surface area contributed by atoms with Crippen LogP contribution < -0.4 is 5.69 Å². The van der Waals surface area contributed by atoms with Crippen LogP contribution in [0.15, 0.2) is 17.2 Å². The van der Waals surface area contributed by atoms with Crippen LogP contribution >= 0.6 is 0 Å². The molecule has 1 heterocycles. The van der Waals surface area contributed by atoms with Gasteiger partial charge in [-0.3, -0.25) is 9.13 Å². The van der Waals surface area contributed by atoms with Crippen LogP contribution in [0.4, 0.5) is 0 Å². The number of nitrogens with zero attached hydrogens (tertiary/aromatic N) is 2. The van der Waals surface area contributed by atoms with Gasteiger partial charge in [0.05, 0.1) is 0 Å². The van der Waals surface area contributed by atoms with Crippen molar-refractivity contribution in [2.75, 3.05) is 13.2 Å². The predicted octanol–water partition coefficient (Wildman–Crippen LogP) is 1.77. The van der Waals surface area contributed by atoms with Gasteiger partial charge in [0, 0.05) is 44.6 Å². The molecule has 0 aliphatic heterocycles. The Labute approximate surface area is 107 Å². The smallest absolute Gasteiger partial charge is 0.328 e. The first-order valence-corrected chi connectivity index (χ1v) is 6.76. The van der Waals surface area contributed by atoms with Gasteiger partial charge in [-0.2, -0.15) is 0 Å². The van der Waals surface area contributed by atoms with Crippen LogP contribution in [0, 0.1) is 0 Å². The number of imidazole rings is 1. The number of ether oxygens (including phenoxy) is 2. The molecule has 1 saturated carbocycles. The topological polar surface area (TPSA) is 45.4 Å². The van der Waals surface area contributed by atoms with Crippen molar-refractivity contribution in [3.05, 3.63) is 22.9 Å². The van der Waals surface area contributed by atoms with Crippen molar-refractivity contribution in [3.63, 3.8) is 0 Å². The molecule has 1 fully saturated rings. The molecule has 1 aliphatic carbocycles. The Hall–Kier alpha value is -1.07. The van der Waals surface area contributed by atoms with E-state index in [-0.39, 0.29) is 12.0 Å². The zero-order valence-electron chi connectivity index (χ0n) is 11.2. The van der Waals surface area contributed by atoms with Gasteiger partial charge in [-0.05, 0) is 26.7 Å². The van der Waals surface area contributed by atoms with Gasteiger partial charge in [-0.1, -0.05) is 0 Å². The van der Waals surface area contributed by atoms with Crippen molar-refractivity contribution in [1.82, 2.24) is 9.13 Å². The van der Waals surface area contributed by atoms with Gasteiger partial charge < -0.3 is 9.47 Å². The highest BCUT2D eigenvalue weighted by atomic mass is 16.7. The summed E-state index contributed by atoms with van der Waals surface area (Å²) in [5.41, 5.74) is 0.0873. The predicted molar refractivity (Wildman–Crippen MR) is 68.6 cm³/mol. The van der Waals surface area contributed by atoms with Crippen LogP contribution in [-0.2, 0) is 16.0 Å². The molecule has 0 radical (unpaired) electrons. The Morgan fingerprint density at radius 2 is 1.94 bits per heavy atom. The van der Waals surface area contributed by atoms with Crippen LogP contribution in [0.1, 0.15) is 39.2 Å². The normalized spacial score (nSPS) is 15.5. The highest BCUT2D eigenvalue weighted by Crippen LogP contribution is 2.33. The lowest BCUT2D eigenvalue weighted by Crippen LogP contribution is -2.26. The SMILES string of the molecule is CCOC(CCn1ccn(C2CC2)c1=O)OCC. The maximum Gasteiger partial charge on any atom is 0.328 e. The summed E-state index contributed by atoms with van der Waals surface area (Å²) in [4.78, 5) is 12.0. The molecule has 0 aromatic carbocycles. The number of rotatable bonds is 8. The maximum atomic E-state index is 12.0. The van der Waals surface area contributed by atoms with Crippen molar-refractivity contribution in [2.45, 2.75) is 52.0 Å². The third-order valence-corrected chi connectivity index (χ3v) is 3.12. The summed E-state index contributed by atoms with van der Waals surface area (Å²) in [6.07, 6.45) is 6.49. The third kappa shape index (κ3) is 3.23. The molecule has 0 atom stereocenters. The van der Waals surface area contributed by atoms with Crippen LogP contribution in [0.25, 0.3) is 0 Å². The summed E-state index contributed by atoms with van der Waals surface area (Å²) < 4.78 is 14.5. The molecule has 0 unspecified atom stereocenters. The minimum Gasteiger partial charge on any atom is -0.353 e. The fourth-order valence-electron chi connectivity index (χ4n) is 2.06. The second-order valence-corrected chi connectivity index (χ2v) is 4.54. The monoisotopic (exact) mass is 254 g/mol. The fraction of sp³-hybridized carbons (Fsp3) is 0.769. The molecule has 2 rings (SSSR count). The molecule has 0 spiro atoms. The minimum absolute atomic E-state index is 0.0873. The average molecular weight is 254 g/mol. The van der Waals surface area contributed by atoms with Crippen LogP contribution in [0.3, 0.4) is 0 Å². The minimum atomic E-state index is -0.212. The summed E-state index contributed by atoms with van der Waals surface area (Å²) in [5.74, 6) is 0. The highest BCUT2D eigenvalue weighted by molar-refractivity contribution is 4.91. The van der Waals surface area contributed by atoms with Gasteiger partial charge in [0.15, 0.2) is 6.29 Å². The zero-order chi connectivity index (χ0) is 13.0.